The molecule has 0 aliphatic carbocycles. The smallest absolute Gasteiger partial charge is 0.260 e. The van der Waals surface area contributed by atoms with E-state index < -0.39 is 0 Å². The Bertz CT molecular complexity index is 560. The molecule has 5 nitrogen and oxygen atoms in total. The van der Waals surface area contributed by atoms with Crippen LogP contribution < -0.4 is 5.32 Å². The van der Waals surface area contributed by atoms with Gasteiger partial charge in [0, 0.05) is 24.9 Å². The number of hydrogen-bond donors (Lipinski definition) is 1. The largest absolute Gasteiger partial charge is 0.382 e. The Labute approximate surface area is 118 Å². The number of nitrogens with one attached hydrogen (secondary N) is 1. The molecule has 1 N–H and O–H groups in total. The molecule has 1 atom stereocenters. The zero-order chi connectivity index (χ0) is 13.8. The van der Waals surface area contributed by atoms with Crippen LogP contribution in [0.4, 0.5) is 5.69 Å². The van der Waals surface area contributed by atoms with E-state index in [9.17, 15) is 0 Å². The Kier molecular flexibility index (Phi) is 3.97. The van der Waals surface area contributed by atoms with Crippen molar-refractivity contribution in [3.05, 3.63) is 30.1 Å². The summed E-state index contributed by atoms with van der Waals surface area (Å²) in [6.07, 6.45) is 3.24. The van der Waals surface area contributed by atoms with Crippen molar-refractivity contribution in [2.45, 2.75) is 32.2 Å². The van der Waals surface area contributed by atoms with Crippen LogP contribution >= 0.6 is 0 Å². The van der Waals surface area contributed by atoms with Gasteiger partial charge in [-0.15, -0.1) is 0 Å². The molecule has 0 amide bonds. The summed E-state index contributed by atoms with van der Waals surface area (Å²) < 4.78 is 10.8. The summed E-state index contributed by atoms with van der Waals surface area (Å²) in [7, 11) is 0. The first kappa shape index (κ1) is 13.1. The predicted octanol–water partition coefficient (Wildman–Crippen LogP) is 3.03. The van der Waals surface area contributed by atoms with Gasteiger partial charge in [-0.1, -0.05) is 17.3 Å². The van der Waals surface area contributed by atoms with Crippen LogP contribution in [-0.4, -0.2) is 29.4 Å². The summed E-state index contributed by atoms with van der Waals surface area (Å²) in [5, 5.41) is 7.45. The molecule has 0 saturated carbocycles. The number of hydrogen-bond acceptors (Lipinski definition) is 5. The lowest BCUT2D eigenvalue weighted by atomic mass is 10.1. The molecule has 106 valence electrons. The molecule has 0 spiro atoms. The molecule has 20 heavy (non-hydrogen) atoms. The van der Waals surface area contributed by atoms with Crippen molar-refractivity contribution in [3.63, 3.8) is 0 Å². The van der Waals surface area contributed by atoms with E-state index in [-0.39, 0.29) is 0 Å². The van der Waals surface area contributed by atoms with Gasteiger partial charge in [-0.3, -0.25) is 0 Å². The maximum atomic E-state index is 5.50. The Hall–Kier alpha value is -1.88. The Morgan fingerprint density at radius 1 is 1.20 bits per heavy atom. The van der Waals surface area contributed by atoms with E-state index in [1.54, 1.807) is 0 Å². The summed E-state index contributed by atoms with van der Waals surface area (Å²) in [4.78, 5) is 4.31. The third-order valence-electron chi connectivity index (χ3n) is 3.50. The summed E-state index contributed by atoms with van der Waals surface area (Å²) in [6, 6.07) is 8.49. The minimum Gasteiger partial charge on any atom is -0.382 e. The van der Waals surface area contributed by atoms with Crippen LogP contribution in [0.1, 0.15) is 25.1 Å². The number of ether oxygens (including phenoxy) is 1. The summed E-state index contributed by atoms with van der Waals surface area (Å²) in [6.45, 7) is 3.51. The highest BCUT2D eigenvalue weighted by molar-refractivity contribution is 5.72. The average Bonchev–Trinajstić information content (AvgIpc) is 2.73. The van der Waals surface area contributed by atoms with Crippen molar-refractivity contribution < 1.29 is 9.26 Å². The van der Waals surface area contributed by atoms with E-state index in [2.05, 4.69) is 21.5 Å². The molecule has 5 heteroatoms. The molecule has 1 aliphatic rings. The number of anilines is 1. The highest BCUT2D eigenvalue weighted by Crippen LogP contribution is 2.28. The summed E-state index contributed by atoms with van der Waals surface area (Å²) in [5.74, 6) is 1.22. The molecule has 3 rings (SSSR count). The molecular weight excluding hydrogens is 254 g/mol. The Morgan fingerprint density at radius 2 is 2.10 bits per heavy atom. The normalized spacial score (nSPS) is 19.6. The van der Waals surface area contributed by atoms with Gasteiger partial charge in [-0.05, 0) is 38.3 Å². The molecule has 1 aromatic heterocycles. The van der Waals surface area contributed by atoms with Crippen LogP contribution in [0.15, 0.2) is 28.8 Å². The number of rotatable bonds is 3. The SMILES string of the molecule is Cc1noc(-c2ccccc2NC2CCCOCC2)n1. The van der Waals surface area contributed by atoms with Gasteiger partial charge in [0.1, 0.15) is 0 Å². The molecule has 2 aromatic rings. The van der Waals surface area contributed by atoms with E-state index in [1.165, 1.54) is 0 Å². The highest BCUT2D eigenvalue weighted by Gasteiger charge is 2.16. The third kappa shape index (κ3) is 2.99. The highest BCUT2D eigenvalue weighted by atomic mass is 16.5. The molecular formula is C15H19N3O2. The number of aryl methyl sites for hydroxylation is 1. The van der Waals surface area contributed by atoms with Gasteiger partial charge in [-0.25, -0.2) is 0 Å². The fraction of sp³-hybridized carbons (Fsp3) is 0.467. The molecule has 1 aromatic carbocycles. The molecule has 0 bridgehead atoms. The lowest BCUT2D eigenvalue weighted by Gasteiger charge is -2.18. The summed E-state index contributed by atoms with van der Waals surface area (Å²) in [5.41, 5.74) is 2.00. The number of para-hydroxylation sites is 1. The minimum absolute atomic E-state index is 0.433. The van der Waals surface area contributed by atoms with Gasteiger partial charge in [0.05, 0.1) is 5.56 Å². The maximum absolute atomic E-state index is 5.50. The van der Waals surface area contributed by atoms with Gasteiger partial charge in [0.15, 0.2) is 5.82 Å². The lowest BCUT2D eigenvalue weighted by molar-refractivity contribution is 0.144. The van der Waals surface area contributed by atoms with Gasteiger partial charge < -0.3 is 14.6 Å². The van der Waals surface area contributed by atoms with Crippen molar-refractivity contribution in [3.8, 4) is 11.5 Å². The van der Waals surface area contributed by atoms with Crippen molar-refractivity contribution >= 4 is 5.69 Å². The average molecular weight is 273 g/mol. The first-order chi connectivity index (χ1) is 9.83. The van der Waals surface area contributed by atoms with Crippen LogP contribution in [0.25, 0.3) is 11.5 Å². The van der Waals surface area contributed by atoms with Crippen molar-refractivity contribution in [1.29, 1.82) is 0 Å². The quantitative estimate of drug-likeness (QED) is 0.931. The maximum Gasteiger partial charge on any atom is 0.260 e. The van der Waals surface area contributed by atoms with Gasteiger partial charge >= 0.3 is 0 Å². The van der Waals surface area contributed by atoms with Crippen LogP contribution in [0.5, 0.6) is 0 Å². The fourth-order valence-electron chi connectivity index (χ4n) is 2.47. The lowest BCUT2D eigenvalue weighted by Crippen LogP contribution is -2.20. The molecule has 1 unspecified atom stereocenters. The number of nitrogens with zero attached hydrogens (tertiary/aromatic N) is 2. The van der Waals surface area contributed by atoms with E-state index in [0.717, 1.165) is 43.7 Å². The van der Waals surface area contributed by atoms with Gasteiger partial charge in [0.25, 0.3) is 5.89 Å². The molecule has 2 heterocycles. The van der Waals surface area contributed by atoms with E-state index >= 15 is 0 Å². The first-order valence-corrected chi connectivity index (χ1v) is 7.07. The second-order valence-electron chi connectivity index (χ2n) is 5.08. The minimum atomic E-state index is 0.433. The zero-order valence-electron chi connectivity index (χ0n) is 11.6. The van der Waals surface area contributed by atoms with Crippen LogP contribution in [-0.2, 0) is 4.74 Å². The second-order valence-corrected chi connectivity index (χ2v) is 5.08. The zero-order valence-corrected chi connectivity index (χ0v) is 11.6. The Balaban J connectivity index is 1.82. The van der Waals surface area contributed by atoms with Crippen molar-refractivity contribution in [2.75, 3.05) is 18.5 Å². The first-order valence-electron chi connectivity index (χ1n) is 7.07. The standard InChI is InChI=1S/C15H19N3O2/c1-11-16-15(20-18-11)13-6-2-3-7-14(13)17-12-5-4-9-19-10-8-12/h2-3,6-7,12,17H,4-5,8-10H2,1H3. The van der Waals surface area contributed by atoms with Crippen LogP contribution in [0.2, 0.25) is 0 Å². The number of aromatic nitrogens is 2. The van der Waals surface area contributed by atoms with E-state index in [4.69, 9.17) is 9.26 Å². The number of benzene rings is 1. The molecule has 1 aliphatic heterocycles. The van der Waals surface area contributed by atoms with Gasteiger partial charge in [0.2, 0.25) is 0 Å². The predicted molar refractivity (Wildman–Crippen MR) is 76.6 cm³/mol. The van der Waals surface area contributed by atoms with Crippen LogP contribution in [0, 0.1) is 6.92 Å². The summed E-state index contributed by atoms with van der Waals surface area (Å²) >= 11 is 0. The van der Waals surface area contributed by atoms with Gasteiger partial charge in [-0.2, -0.15) is 4.98 Å². The molecule has 0 radical (unpaired) electrons. The third-order valence-corrected chi connectivity index (χ3v) is 3.50. The Morgan fingerprint density at radius 3 is 2.95 bits per heavy atom. The topological polar surface area (TPSA) is 60.2 Å². The van der Waals surface area contributed by atoms with Crippen molar-refractivity contribution in [2.24, 2.45) is 0 Å². The van der Waals surface area contributed by atoms with Crippen molar-refractivity contribution in [1.82, 2.24) is 10.1 Å². The van der Waals surface area contributed by atoms with E-state index in [0.29, 0.717) is 17.8 Å². The van der Waals surface area contributed by atoms with E-state index in [1.807, 2.05) is 25.1 Å². The second kappa shape index (κ2) is 6.05. The van der Waals surface area contributed by atoms with Crippen LogP contribution in [0.3, 0.4) is 0 Å². The monoisotopic (exact) mass is 273 g/mol. The molecule has 1 saturated heterocycles. The fourth-order valence-corrected chi connectivity index (χ4v) is 2.47. The molecule has 1 fully saturated rings.